The van der Waals surface area contributed by atoms with Crippen LogP contribution in [0.2, 0.25) is 0 Å². The Bertz CT molecular complexity index is 269. The normalized spacial score (nSPS) is 19.7. The highest BCUT2D eigenvalue weighted by Crippen LogP contribution is 2.10. The molecule has 1 fully saturated rings. The van der Waals surface area contributed by atoms with Gasteiger partial charge in [-0.3, -0.25) is 9.59 Å². The Morgan fingerprint density at radius 2 is 2.28 bits per heavy atom. The van der Waals surface area contributed by atoms with E-state index in [9.17, 15) is 9.59 Å². The molecule has 0 aromatic rings. The van der Waals surface area contributed by atoms with E-state index in [1.165, 1.54) is 0 Å². The maximum atomic E-state index is 11.7. The highest BCUT2D eigenvalue weighted by atomic mass is 16.5. The molecule has 1 unspecified atom stereocenters. The average molecular weight is 256 g/mol. The molecule has 1 atom stereocenters. The molecule has 0 spiro atoms. The van der Waals surface area contributed by atoms with Gasteiger partial charge in [0, 0.05) is 26.1 Å². The predicted molar refractivity (Wildman–Crippen MR) is 69.0 cm³/mol. The summed E-state index contributed by atoms with van der Waals surface area (Å²) < 4.78 is 5.41. The molecule has 0 bridgehead atoms. The smallest absolute Gasteiger partial charge is 0.224 e. The lowest BCUT2D eigenvalue weighted by Gasteiger charge is -2.21. The summed E-state index contributed by atoms with van der Waals surface area (Å²) in [5.74, 6) is 0.613. The number of rotatable bonds is 7. The lowest BCUT2D eigenvalue weighted by atomic mass is 9.98. The molecule has 5 heteroatoms. The topological polar surface area (TPSA) is 67.4 Å². The van der Waals surface area contributed by atoms with E-state index in [0.717, 1.165) is 13.0 Å². The minimum absolute atomic E-state index is 0.0162. The molecule has 1 heterocycles. The highest BCUT2D eigenvalue weighted by molar-refractivity contribution is 5.83. The number of ether oxygens (including phenoxy) is 1. The fourth-order valence-corrected chi connectivity index (χ4v) is 1.77. The zero-order chi connectivity index (χ0) is 13.4. The van der Waals surface area contributed by atoms with E-state index in [0.29, 0.717) is 38.5 Å². The second-order valence-electron chi connectivity index (χ2n) is 5.13. The number of carbonyl (C=O) groups excluding carboxylic acids is 2. The fraction of sp³-hybridized carbons (Fsp3) is 0.846. The van der Waals surface area contributed by atoms with Crippen LogP contribution in [0.15, 0.2) is 0 Å². The van der Waals surface area contributed by atoms with Crippen molar-refractivity contribution in [3.05, 3.63) is 0 Å². The van der Waals surface area contributed by atoms with Crippen LogP contribution in [-0.2, 0) is 14.3 Å². The molecule has 2 amide bonds. The van der Waals surface area contributed by atoms with Gasteiger partial charge < -0.3 is 15.4 Å². The number of hydrogen-bond donors (Lipinski definition) is 2. The second kappa shape index (κ2) is 8.08. The van der Waals surface area contributed by atoms with Gasteiger partial charge in [-0.25, -0.2) is 0 Å². The van der Waals surface area contributed by atoms with Crippen LogP contribution in [0.4, 0.5) is 0 Å². The van der Waals surface area contributed by atoms with Gasteiger partial charge in [-0.05, 0) is 18.8 Å². The summed E-state index contributed by atoms with van der Waals surface area (Å²) in [6.45, 7) is 6.61. The van der Waals surface area contributed by atoms with Gasteiger partial charge in [0.05, 0.1) is 12.5 Å². The van der Waals surface area contributed by atoms with Crippen LogP contribution in [0.1, 0.15) is 33.1 Å². The Morgan fingerprint density at radius 1 is 1.50 bits per heavy atom. The number of hydrogen-bond acceptors (Lipinski definition) is 3. The third-order valence-electron chi connectivity index (χ3n) is 3.02. The van der Waals surface area contributed by atoms with Gasteiger partial charge in [-0.15, -0.1) is 0 Å². The van der Waals surface area contributed by atoms with Crippen LogP contribution in [0.5, 0.6) is 0 Å². The molecule has 1 saturated heterocycles. The molecule has 0 aromatic heterocycles. The van der Waals surface area contributed by atoms with Crippen LogP contribution >= 0.6 is 0 Å². The predicted octanol–water partition coefficient (Wildman–Crippen LogP) is 0.692. The Morgan fingerprint density at radius 3 is 2.89 bits per heavy atom. The first kappa shape index (κ1) is 15.0. The van der Waals surface area contributed by atoms with Crippen LogP contribution in [-0.4, -0.2) is 38.1 Å². The molecule has 0 radical (unpaired) electrons. The summed E-state index contributed by atoms with van der Waals surface area (Å²) in [6, 6.07) is 0. The van der Waals surface area contributed by atoms with E-state index >= 15 is 0 Å². The van der Waals surface area contributed by atoms with Crippen molar-refractivity contribution in [3.63, 3.8) is 0 Å². The third-order valence-corrected chi connectivity index (χ3v) is 3.02. The van der Waals surface area contributed by atoms with Gasteiger partial charge in [-0.2, -0.15) is 0 Å². The summed E-state index contributed by atoms with van der Waals surface area (Å²) >= 11 is 0. The van der Waals surface area contributed by atoms with Gasteiger partial charge in [0.1, 0.15) is 0 Å². The van der Waals surface area contributed by atoms with E-state index < -0.39 is 0 Å². The van der Waals surface area contributed by atoms with Gasteiger partial charge in [0.25, 0.3) is 0 Å². The Hall–Kier alpha value is -1.10. The first-order chi connectivity index (χ1) is 8.59. The van der Waals surface area contributed by atoms with Crippen molar-refractivity contribution < 1.29 is 14.3 Å². The van der Waals surface area contributed by atoms with E-state index in [2.05, 4.69) is 24.5 Å². The number of nitrogens with one attached hydrogen (secondary N) is 2. The van der Waals surface area contributed by atoms with Gasteiger partial charge in [-0.1, -0.05) is 13.8 Å². The van der Waals surface area contributed by atoms with E-state index in [1.54, 1.807) is 0 Å². The van der Waals surface area contributed by atoms with Gasteiger partial charge in [0.15, 0.2) is 0 Å². The van der Waals surface area contributed by atoms with Crippen molar-refractivity contribution in [2.75, 3.05) is 26.3 Å². The molecule has 5 nitrogen and oxygen atoms in total. The van der Waals surface area contributed by atoms with Crippen LogP contribution < -0.4 is 10.6 Å². The zero-order valence-corrected chi connectivity index (χ0v) is 11.3. The monoisotopic (exact) mass is 256 g/mol. The van der Waals surface area contributed by atoms with Crippen molar-refractivity contribution in [2.24, 2.45) is 11.8 Å². The van der Waals surface area contributed by atoms with Crippen LogP contribution in [0.25, 0.3) is 0 Å². The van der Waals surface area contributed by atoms with E-state index in [1.807, 2.05) is 0 Å². The Labute approximate surface area is 109 Å². The third kappa shape index (κ3) is 6.00. The molecular weight excluding hydrogens is 232 g/mol. The van der Waals surface area contributed by atoms with Crippen molar-refractivity contribution in [1.82, 2.24) is 10.6 Å². The molecule has 104 valence electrons. The fourth-order valence-electron chi connectivity index (χ4n) is 1.77. The van der Waals surface area contributed by atoms with Crippen molar-refractivity contribution in [1.29, 1.82) is 0 Å². The van der Waals surface area contributed by atoms with E-state index in [-0.39, 0.29) is 17.7 Å². The second-order valence-corrected chi connectivity index (χ2v) is 5.13. The molecule has 1 rings (SSSR count). The number of carbonyl (C=O) groups is 2. The summed E-state index contributed by atoms with van der Waals surface area (Å²) in [6.07, 6.45) is 2.14. The Kier molecular flexibility index (Phi) is 6.72. The largest absolute Gasteiger partial charge is 0.380 e. The maximum Gasteiger partial charge on any atom is 0.224 e. The van der Waals surface area contributed by atoms with Crippen LogP contribution in [0.3, 0.4) is 0 Å². The summed E-state index contributed by atoms with van der Waals surface area (Å²) in [5.41, 5.74) is 0. The first-order valence-corrected chi connectivity index (χ1v) is 6.71. The highest BCUT2D eigenvalue weighted by Gasteiger charge is 2.23. The van der Waals surface area contributed by atoms with E-state index in [4.69, 9.17) is 4.74 Å². The van der Waals surface area contributed by atoms with Gasteiger partial charge >= 0.3 is 0 Å². The maximum absolute atomic E-state index is 11.7. The molecule has 1 aliphatic rings. The average Bonchev–Trinajstić information content (AvgIpc) is 2.34. The standard InChI is InChI=1S/C13H24N2O3/c1-10(2)5-7-18-8-6-14-13(17)11-3-4-12(16)15-9-11/h10-11H,3-9H2,1-2H3,(H,14,17)(H,15,16). The van der Waals surface area contributed by atoms with Crippen molar-refractivity contribution in [2.45, 2.75) is 33.1 Å². The van der Waals surface area contributed by atoms with Crippen LogP contribution in [0, 0.1) is 11.8 Å². The summed E-state index contributed by atoms with van der Waals surface area (Å²) in [4.78, 5) is 22.7. The molecule has 0 aromatic carbocycles. The minimum Gasteiger partial charge on any atom is -0.380 e. The quantitative estimate of drug-likeness (QED) is 0.659. The van der Waals surface area contributed by atoms with Gasteiger partial charge in [0.2, 0.25) is 11.8 Å². The lowest BCUT2D eigenvalue weighted by Crippen LogP contribution is -2.43. The minimum atomic E-state index is -0.0848. The Balaban J connectivity index is 2.01. The summed E-state index contributed by atoms with van der Waals surface area (Å²) in [7, 11) is 0. The molecule has 0 saturated carbocycles. The lowest BCUT2D eigenvalue weighted by molar-refractivity contribution is -0.129. The SMILES string of the molecule is CC(C)CCOCCNC(=O)C1CCC(=O)NC1. The first-order valence-electron chi connectivity index (χ1n) is 6.71. The molecular formula is C13H24N2O3. The van der Waals surface area contributed by atoms with Crippen molar-refractivity contribution >= 4 is 11.8 Å². The zero-order valence-electron chi connectivity index (χ0n) is 11.3. The summed E-state index contributed by atoms with van der Waals surface area (Å²) in [5, 5.41) is 5.55. The molecule has 0 aliphatic carbocycles. The number of amides is 2. The molecule has 1 aliphatic heterocycles. The van der Waals surface area contributed by atoms with Crippen molar-refractivity contribution in [3.8, 4) is 0 Å². The number of piperidine rings is 1. The molecule has 2 N–H and O–H groups in total. The molecule has 18 heavy (non-hydrogen) atoms.